The van der Waals surface area contributed by atoms with Crippen LogP contribution in [0.5, 0.6) is 0 Å². The van der Waals surface area contributed by atoms with Gasteiger partial charge in [-0.25, -0.2) is 19.7 Å². The van der Waals surface area contributed by atoms with Crippen LogP contribution in [0.3, 0.4) is 0 Å². The lowest BCUT2D eigenvalue weighted by Crippen LogP contribution is -2.43. The van der Waals surface area contributed by atoms with Crippen molar-refractivity contribution in [1.82, 2.24) is 19.9 Å². The normalized spacial score (nSPS) is 14.2. The maximum Gasteiger partial charge on any atom is 0.326 e. The molecule has 0 fully saturated rings. The summed E-state index contributed by atoms with van der Waals surface area (Å²) in [4.78, 5) is 27.9. The highest BCUT2D eigenvalue weighted by molar-refractivity contribution is 5.90. The number of para-hydroxylation sites is 1. The molecule has 9 nitrogen and oxygen atoms in total. The third-order valence-electron chi connectivity index (χ3n) is 7.15. The van der Waals surface area contributed by atoms with E-state index in [1.54, 1.807) is 7.11 Å². The maximum absolute atomic E-state index is 12.2. The molecule has 204 valence electrons. The summed E-state index contributed by atoms with van der Waals surface area (Å²) < 4.78 is 5.69. The minimum Gasteiger partial charge on any atom is -0.480 e. The van der Waals surface area contributed by atoms with E-state index >= 15 is 0 Å². The number of aliphatic carboxylic acids is 1. The molecule has 38 heavy (non-hydrogen) atoms. The van der Waals surface area contributed by atoms with Gasteiger partial charge in [-0.15, -0.1) is 0 Å². The number of aryl methyl sites for hydroxylation is 2. The Bertz CT molecular complexity index is 1210. The van der Waals surface area contributed by atoms with Gasteiger partial charge in [0.25, 0.3) is 0 Å². The van der Waals surface area contributed by atoms with Gasteiger partial charge in [0.15, 0.2) is 0 Å². The summed E-state index contributed by atoms with van der Waals surface area (Å²) in [7, 11) is 1.72. The molecule has 9 heteroatoms. The number of pyridine rings is 1. The Morgan fingerprint density at radius 2 is 2.03 bits per heavy atom. The first-order chi connectivity index (χ1) is 18.3. The predicted molar refractivity (Wildman–Crippen MR) is 151 cm³/mol. The first-order valence-electron chi connectivity index (χ1n) is 13.5. The number of fused-ring (bicyclic) bond motifs is 2. The van der Waals surface area contributed by atoms with Crippen molar-refractivity contribution in [2.24, 2.45) is 0 Å². The lowest BCUT2D eigenvalue weighted by atomic mass is 10.1. The number of benzene rings is 1. The monoisotopic (exact) mass is 520 g/mol. The fraction of sp³-hybridized carbons (Fsp3) is 0.517. The molecule has 0 amide bonds. The molecule has 0 aliphatic carbocycles. The van der Waals surface area contributed by atoms with Crippen molar-refractivity contribution in [2.45, 2.75) is 64.0 Å². The molecule has 1 aliphatic rings. The quantitative estimate of drug-likeness (QED) is 0.266. The molecule has 2 aromatic heterocycles. The van der Waals surface area contributed by atoms with Crippen molar-refractivity contribution in [3.05, 3.63) is 54.0 Å². The topological polar surface area (TPSA) is 113 Å². The van der Waals surface area contributed by atoms with E-state index in [0.29, 0.717) is 25.3 Å². The highest BCUT2D eigenvalue weighted by atomic mass is 16.5. The van der Waals surface area contributed by atoms with E-state index in [9.17, 15) is 9.90 Å². The number of rotatable bonds is 14. The lowest BCUT2D eigenvalue weighted by molar-refractivity contribution is -0.138. The van der Waals surface area contributed by atoms with Gasteiger partial charge < -0.3 is 25.4 Å². The molecule has 3 N–H and O–H groups in total. The zero-order valence-electron chi connectivity index (χ0n) is 22.7. The number of aromatic nitrogens is 3. The predicted octanol–water partition coefficient (Wildman–Crippen LogP) is 4.39. The molecule has 1 aliphatic heterocycles. The van der Waals surface area contributed by atoms with Crippen LogP contribution in [0.4, 0.5) is 11.6 Å². The fourth-order valence-corrected chi connectivity index (χ4v) is 4.88. The molecule has 0 saturated heterocycles. The Labute approximate surface area is 225 Å². The standard InChI is InChI=1S/C29H40N6O3/c1-29(2,38-3)19-35(17-7-6-10-22-14-13-21-9-8-16-30-26(21)33-22)18-15-25(28(36)37)34-27-23-11-4-5-12-24(23)31-20-32-27/h4-5,11-14,20,25H,6-10,15-19H2,1-3H3,(H,30,33)(H,36,37)(H,31,32,34)/t25-/m0/s1. The minimum atomic E-state index is -0.897. The van der Waals surface area contributed by atoms with E-state index in [1.807, 2.05) is 24.3 Å². The number of carboxylic acids is 1. The molecule has 4 rings (SSSR count). The van der Waals surface area contributed by atoms with Gasteiger partial charge in [0.2, 0.25) is 0 Å². The second-order valence-electron chi connectivity index (χ2n) is 10.6. The molecule has 0 spiro atoms. The molecule has 3 heterocycles. The number of carbonyl (C=O) groups is 1. The molecule has 0 unspecified atom stereocenters. The molecule has 0 saturated carbocycles. The highest BCUT2D eigenvalue weighted by Crippen LogP contribution is 2.22. The fourth-order valence-electron chi connectivity index (χ4n) is 4.88. The van der Waals surface area contributed by atoms with E-state index < -0.39 is 12.0 Å². The number of nitrogens with zero attached hydrogens (tertiary/aromatic N) is 4. The number of hydrogen-bond acceptors (Lipinski definition) is 8. The summed E-state index contributed by atoms with van der Waals surface area (Å²) in [6.45, 7) is 7.31. The number of carboxylic acid groups (broad SMARTS) is 1. The van der Waals surface area contributed by atoms with Crippen LogP contribution in [0.25, 0.3) is 10.9 Å². The van der Waals surface area contributed by atoms with Crippen LogP contribution in [-0.4, -0.2) is 75.9 Å². The van der Waals surface area contributed by atoms with Crippen molar-refractivity contribution in [2.75, 3.05) is 43.9 Å². The van der Waals surface area contributed by atoms with Gasteiger partial charge in [-0.2, -0.15) is 0 Å². The number of hydrogen-bond donors (Lipinski definition) is 3. The van der Waals surface area contributed by atoms with Gasteiger partial charge in [-0.3, -0.25) is 0 Å². The average molecular weight is 521 g/mol. The van der Waals surface area contributed by atoms with Crippen LogP contribution in [-0.2, 0) is 22.4 Å². The van der Waals surface area contributed by atoms with E-state index in [4.69, 9.17) is 9.72 Å². The van der Waals surface area contributed by atoms with Gasteiger partial charge in [-0.1, -0.05) is 18.2 Å². The Morgan fingerprint density at radius 1 is 1.18 bits per heavy atom. The third kappa shape index (κ3) is 7.61. The van der Waals surface area contributed by atoms with E-state index in [-0.39, 0.29) is 5.60 Å². The van der Waals surface area contributed by atoms with E-state index in [0.717, 1.165) is 67.6 Å². The van der Waals surface area contributed by atoms with Crippen LogP contribution >= 0.6 is 0 Å². The molecule has 1 atom stereocenters. The molecular formula is C29H40N6O3. The van der Waals surface area contributed by atoms with Crippen LogP contribution in [0.2, 0.25) is 0 Å². The van der Waals surface area contributed by atoms with Crippen LogP contribution in [0.15, 0.2) is 42.7 Å². The zero-order chi connectivity index (χ0) is 27.0. The van der Waals surface area contributed by atoms with E-state index in [2.05, 4.69) is 51.5 Å². The molecule has 0 bridgehead atoms. The van der Waals surface area contributed by atoms with Crippen molar-refractivity contribution in [1.29, 1.82) is 0 Å². The summed E-state index contributed by atoms with van der Waals surface area (Å²) in [6.07, 6.45) is 7.10. The lowest BCUT2D eigenvalue weighted by Gasteiger charge is -2.32. The van der Waals surface area contributed by atoms with Gasteiger partial charge in [0.1, 0.15) is 24.0 Å². The van der Waals surface area contributed by atoms with Gasteiger partial charge in [0, 0.05) is 37.8 Å². The second kappa shape index (κ2) is 13.0. The second-order valence-corrected chi connectivity index (χ2v) is 10.6. The van der Waals surface area contributed by atoms with Gasteiger partial charge in [0.05, 0.1) is 11.1 Å². The van der Waals surface area contributed by atoms with Crippen molar-refractivity contribution in [3.8, 4) is 0 Å². The maximum atomic E-state index is 12.2. The van der Waals surface area contributed by atoms with Gasteiger partial charge >= 0.3 is 5.97 Å². The number of nitrogens with one attached hydrogen (secondary N) is 2. The van der Waals surface area contributed by atoms with Crippen LogP contribution in [0, 0.1) is 0 Å². The summed E-state index contributed by atoms with van der Waals surface area (Å²) in [5.74, 6) is 0.686. The molecule has 0 radical (unpaired) electrons. The van der Waals surface area contributed by atoms with Crippen molar-refractivity contribution >= 4 is 28.5 Å². The Morgan fingerprint density at radius 3 is 2.84 bits per heavy atom. The first kappa shape index (κ1) is 27.7. The van der Waals surface area contributed by atoms with Gasteiger partial charge in [-0.05, 0) is 82.7 Å². The molecule has 1 aromatic carbocycles. The van der Waals surface area contributed by atoms with Crippen LogP contribution in [0.1, 0.15) is 50.8 Å². The van der Waals surface area contributed by atoms with Crippen molar-refractivity contribution < 1.29 is 14.6 Å². The largest absolute Gasteiger partial charge is 0.480 e. The average Bonchev–Trinajstić information content (AvgIpc) is 2.92. The number of anilines is 2. The first-order valence-corrected chi connectivity index (χ1v) is 13.5. The van der Waals surface area contributed by atoms with E-state index in [1.165, 1.54) is 11.9 Å². The highest BCUT2D eigenvalue weighted by Gasteiger charge is 2.24. The number of methoxy groups -OCH3 is 1. The Hall–Kier alpha value is -3.30. The van der Waals surface area contributed by atoms with Crippen molar-refractivity contribution in [3.63, 3.8) is 0 Å². The summed E-state index contributed by atoms with van der Waals surface area (Å²) >= 11 is 0. The summed E-state index contributed by atoms with van der Waals surface area (Å²) in [6, 6.07) is 11.2. The Kier molecular flexibility index (Phi) is 9.47. The molecule has 3 aromatic rings. The summed E-state index contributed by atoms with van der Waals surface area (Å²) in [5.41, 5.74) is 2.88. The number of unbranched alkanes of at least 4 members (excludes halogenated alkanes) is 1. The third-order valence-corrected chi connectivity index (χ3v) is 7.15. The Balaban J connectivity index is 1.34. The zero-order valence-corrected chi connectivity index (χ0v) is 22.7. The molecular weight excluding hydrogens is 480 g/mol. The SMILES string of the molecule is COC(C)(C)CN(CCCCc1ccc2c(n1)NCCC2)CC[C@H](Nc1ncnc2ccccc12)C(=O)O. The number of ether oxygens (including phenoxy) is 1. The smallest absolute Gasteiger partial charge is 0.326 e. The minimum absolute atomic E-state index is 0.333. The summed E-state index contributed by atoms with van der Waals surface area (Å²) in [5, 5.41) is 17.3. The van der Waals surface area contributed by atoms with Crippen LogP contribution < -0.4 is 10.6 Å².